The van der Waals surface area contributed by atoms with Crippen molar-refractivity contribution >= 4 is 40.4 Å². The van der Waals surface area contributed by atoms with Gasteiger partial charge in [0.15, 0.2) is 0 Å². The molecule has 6 rings (SSSR count). The van der Waals surface area contributed by atoms with Crippen molar-refractivity contribution in [3.8, 4) is 5.75 Å². The molecule has 0 aliphatic carbocycles. The van der Waals surface area contributed by atoms with Gasteiger partial charge in [-0.25, -0.2) is 14.5 Å². The molecule has 3 heterocycles. The number of aromatic nitrogens is 1. The Kier molecular flexibility index (Phi) is 6.68. The zero-order chi connectivity index (χ0) is 29.7. The number of benzene rings is 3. The van der Waals surface area contributed by atoms with Crippen LogP contribution in [0.25, 0.3) is 10.9 Å². The van der Waals surface area contributed by atoms with Crippen LogP contribution in [0.1, 0.15) is 47.1 Å². The molecule has 1 saturated heterocycles. The van der Waals surface area contributed by atoms with Crippen molar-refractivity contribution in [2.75, 3.05) is 12.0 Å². The first-order chi connectivity index (χ1) is 20.2. The SMILES string of the molecule is COc1ccc([C@@H]2c3[nH]c4ccccc4c3C[C@H]3C(=O)N(c4ccccc4C(=O)N[C@H](C(=O)O)C(C)C)C(=O)N23)cc1. The second-order valence-corrected chi connectivity index (χ2v) is 10.9. The molecule has 1 aromatic heterocycles. The van der Waals surface area contributed by atoms with Gasteiger partial charge in [-0.15, -0.1) is 0 Å². The summed E-state index contributed by atoms with van der Waals surface area (Å²) in [6, 6.07) is 18.4. The minimum Gasteiger partial charge on any atom is -0.497 e. The Hall–Kier alpha value is -5.12. The number of fused-ring (bicyclic) bond motifs is 4. The predicted octanol–water partition coefficient (Wildman–Crippen LogP) is 4.50. The first-order valence-electron chi connectivity index (χ1n) is 13.7. The van der Waals surface area contributed by atoms with Crippen molar-refractivity contribution in [3.05, 3.63) is 95.2 Å². The number of carboxylic acids is 1. The van der Waals surface area contributed by atoms with Crippen LogP contribution in [0.15, 0.2) is 72.8 Å². The Labute approximate surface area is 241 Å². The monoisotopic (exact) mass is 566 g/mol. The molecule has 0 radical (unpaired) electrons. The summed E-state index contributed by atoms with van der Waals surface area (Å²) in [7, 11) is 1.58. The molecule has 3 N–H and O–H groups in total. The number of nitrogens with one attached hydrogen (secondary N) is 2. The highest BCUT2D eigenvalue weighted by Gasteiger charge is 2.53. The van der Waals surface area contributed by atoms with Gasteiger partial charge in [0.1, 0.15) is 23.9 Å². The van der Waals surface area contributed by atoms with Gasteiger partial charge in [-0.2, -0.15) is 0 Å². The van der Waals surface area contributed by atoms with E-state index < -0.39 is 41.9 Å². The van der Waals surface area contributed by atoms with Crippen molar-refractivity contribution in [3.63, 3.8) is 0 Å². The second-order valence-electron chi connectivity index (χ2n) is 10.9. The first kappa shape index (κ1) is 27.1. The van der Waals surface area contributed by atoms with Crippen LogP contribution in [-0.4, -0.2) is 58.0 Å². The number of H-pyrrole nitrogens is 1. The van der Waals surface area contributed by atoms with Gasteiger partial charge in [0.2, 0.25) is 0 Å². The third-order valence-electron chi connectivity index (χ3n) is 8.09. The van der Waals surface area contributed by atoms with Gasteiger partial charge in [-0.3, -0.25) is 14.5 Å². The predicted molar refractivity (Wildman–Crippen MR) is 156 cm³/mol. The van der Waals surface area contributed by atoms with Crippen molar-refractivity contribution in [1.82, 2.24) is 15.2 Å². The summed E-state index contributed by atoms with van der Waals surface area (Å²) in [5.74, 6) is -2.02. The fourth-order valence-corrected chi connectivity index (χ4v) is 6.02. The molecule has 4 amide bonds. The maximum Gasteiger partial charge on any atom is 0.332 e. The second kappa shape index (κ2) is 10.4. The zero-order valence-electron chi connectivity index (χ0n) is 23.3. The number of para-hydroxylation sites is 2. The van der Waals surface area contributed by atoms with E-state index in [0.29, 0.717) is 12.2 Å². The molecule has 10 nitrogen and oxygen atoms in total. The fourth-order valence-electron chi connectivity index (χ4n) is 6.02. The van der Waals surface area contributed by atoms with Gasteiger partial charge in [0.25, 0.3) is 11.8 Å². The number of aliphatic carboxylic acids is 1. The summed E-state index contributed by atoms with van der Waals surface area (Å²) in [5, 5.41) is 13.1. The number of carboxylic acid groups (broad SMARTS) is 1. The first-order valence-corrected chi connectivity index (χ1v) is 13.7. The highest BCUT2D eigenvalue weighted by atomic mass is 16.5. The van der Waals surface area contributed by atoms with E-state index in [1.165, 1.54) is 12.1 Å². The topological polar surface area (TPSA) is 132 Å². The molecular weight excluding hydrogens is 536 g/mol. The van der Waals surface area contributed by atoms with Crippen LogP contribution < -0.4 is 15.0 Å². The van der Waals surface area contributed by atoms with Crippen LogP contribution >= 0.6 is 0 Å². The quantitative estimate of drug-likeness (QED) is 0.282. The highest BCUT2D eigenvalue weighted by Crippen LogP contribution is 2.45. The molecule has 42 heavy (non-hydrogen) atoms. The third kappa shape index (κ3) is 4.27. The number of amides is 4. The maximum atomic E-state index is 14.3. The van der Waals surface area contributed by atoms with Crippen molar-refractivity contribution in [1.29, 1.82) is 0 Å². The number of aromatic amines is 1. The lowest BCUT2D eigenvalue weighted by molar-refractivity contribution is -0.140. The molecule has 0 bridgehead atoms. The number of carbonyl (C=O) groups is 4. The van der Waals surface area contributed by atoms with Crippen LogP contribution in [0, 0.1) is 5.92 Å². The molecule has 2 aliphatic heterocycles. The van der Waals surface area contributed by atoms with Crippen molar-refractivity contribution < 1.29 is 29.0 Å². The van der Waals surface area contributed by atoms with Crippen molar-refractivity contribution in [2.24, 2.45) is 5.92 Å². The molecule has 0 saturated carbocycles. The molecule has 0 unspecified atom stereocenters. The van der Waals surface area contributed by atoms with Gasteiger partial charge < -0.3 is 20.1 Å². The highest BCUT2D eigenvalue weighted by molar-refractivity contribution is 6.24. The number of nitrogens with zero attached hydrogens (tertiary/aromatic N) is 2. The number of hydrogen-bond donors (Lipinski definition) is 3. The summed E-state index contributed by atoms with van der Waals surface area (Å²) in [6.45, 7) is 3.38. The lowest BCUT2D eigenvalue weighted by Crippen LogP contribution is -2.45. The minimum absolute atomic E-state index is 0.0379. The van der Waals surface area contributed by atoms with E-state index in [-0.39, 0.29) is 17.2 Å². The molecule has 10 heteroatoms. The summed E-state index contributed by atoms with van der Waals surface area (Å²) in [6.07, 6.45) is 0.301. The van der Waals surface area contributed by atoms with Crippen molar-refractivity contribution in [2.45, 2.75) is 38.4 Å². The van der Waals surface area contributed by atoms with Crippen LogP contribution in [-0.2, 0) is 16.0 Å². The standard InChI is InChI=1S/C32H30N4O6/c1-17(2)26(31(39)40)34-29(37)21-9-5-7-11-24(21)36-30(38)25-16-22-20-8-4-6-10-23(20)33-27(22)28(35(25)32(36)41)18-12-14-19(42-3)15-13-18/h4-15,17,25-26,28,33H,16H2,1-3H3,(H,34,37)(H,39,40)/t25-,26-,28+/m0/s1. The van der Waals surface area contributed by atoms with E-state index in [1.54, 1.807) is 38.0 Å². The summed E-state index contributed by atoms with van der Waals surface area (Å²) in [4.78, 5) is 59.6. The van der Waals surface area contributed by atoms with Crippen LogP contribution in [0.2, 0.25) is 0 Å². The summed E-state index contributed by atoms with van der Waals surface area (Å²) < 4.78 is 5.34. The number of anilines is 1. The lowest BCUT2D eigenvalue weighted by atomic mass is 9.89. The average molecular weight is 567 g/mol. The summed E-state index contributed by atoms with van der Waals surface area (Å²) >= 11 is 0. The minimum atomic E-state index is -1.17. The molecule has 214 valence electrons. The third-order valence-corrected chi connectivity index (χ3v) is 8.09. The van der Waals surface area contributed by atoms with Gasteiger partial charge in [0, 0.05) is 23.0 Å². The Morgan fingerprint density at radius 2 is 1.69 bits per heavy atom. The number of imide groups is 1. The molecule has 4 aromatic rings. The van der Waals surface area contributed by atoms with Gasteiger partial charge >= 0.3 is 12.0 Å². The van der Waals surface area contributed by atoms with E-state index in [2.05, 4.69) is 10.3 Å². The van der Waals surface area contributed by atoms with E-state index in [1.807, 2.05) is 48.5 Å². The molecule has 3 aromatic carbocycles. The number of urea groups is 1. The molecule has 1 fully saturated rings. The molecule has 0 spiro atoms. The van der Waals surface area contributed by atoms with Crippen LogP contribution in [0.4, 0.5) is 10.5 Å². The molecular formula is C32H30N4O6. The lowest BCUT2D eigenvalue weighted by Gasteiger charge is -2.36. The maximum absolute atomic E-state index is 14.3. The van der Waals surface area contributed by atoms with E-state index in [4.69, 9.17) is 4.74 Å². The van der Waals surface area contributed by atoms with E-state index >= 15 is 0 Å². The normalized spacial score (nSPS) is 18.7. The smallest absolute Gasteiger partial charge is 0.332 e. The Morgan fingerprint density at radius 3 is 2.38 bits per heavy atom. The van der Waals surface area contributed by atoms with Crippen LogP contribution in [0.5, 0.6) is 5.75 Å². The zero-order valence-corrected chi connectivity index (χ0v) is 23.3. The molecule has 3 atom stereocenters. The average Bonchev–Trinajstić information content (AvgIpc) is 3.48. The Balaban J connectivity index is 1.44. The number of carbonyl (C=O) groups excluding carboxylic acids is 3. The van der Waals surface area contributed by atoms with E-state index in [9.17, 15) is 24.3 Å². The number of ether oxygens (including phenoxy) is 1. The summed E-state index contributed by atoms with van der Waals surface area (Å²) in [5.41, 5.74) is 3.64. The van der Waals surface area contributed by atoms with Gasteiger partial charge in [-0.05, 0) is 47.4 Å². The number of hydrogen-bond acceptors (Lipinski definition) is 5. The van der Waals surface area contributed by atoms with E-state index in [0.717, 1.165) is 32.6 Å². The molecule has 2 aliphatic rings. The Morgan fingerprint density at radius 1 is 1.00 bits per heavy atom. The Bertz CT molecular complexity index is 1730. The largest absolute Gasteiger partial charge is 0.497 e. The fraction of sp³-hybridized carbons (Fsp3) is 0.250. The van der Waals surface area contributed by atoms with Gasteiger partial charge in [-0.1, -0.05) is 56.3 Å². The van der Waals surface area contributed by atoms with Crippen LogP contribution in [0.3, 0.4) is 0 Å². The number of rotatable bonds is 7. The number of methoxy groups -OCH3 is 1. The van der Waals surface area contributed by atoms with Gasteiger partial charge in [0.05, 0.1) is 18.4 Å².